The Kier molecular flexibility index (Phi) is 4.85. The molecule has 1 aliphatic rings. The van der Waals surface area contributed by atoms with E-state index in [-0.39, 0.29) is 18.5 Å². The van der Waals surface area contributed by atoms with Crippen molar-refractivity contribution in [2.75, 3.05) is 18.0 Å². The fourth-order valence-corrected chi connectivity index (χ4v) is 2.53. The van der Waals surface area contributed by atoms with Gasteiger partial charge in [-0.1, -0.05) is 18.2 Å². The number of hydrogen-bond donors (Lipinski definition) is 1. The molecule has 2 aromatic rings. The van der Waals surface area contributed by atoms with Crippen molar-refractivity contribution >= 4 is 5.69 Å². The number of aromatic nitrogens is 1. The number of pyridine rings is 1. The van der Waals surface area contributed by atoms with Gasteiger partial charge in [-0.25, -0.2) is 9.28 Å². The summed E-state index contributed by atoms with van der Waals surface area (Å²) in [6.07, 6.45) is 1.89. The summed E-state index contributed by atoms with van der Waals surface area (Å²) in [5.74, 6) is -0.359. The first-order valence-electron chi connectivity index (χ1n) is 7.49. The number of anilines is 1. The summed E-state index contributed by atoms with van der Waals surface area (Å²) in [5, 5.41) is 8.48. The largest absolute Gasteiger partial charge is 0.370 e. The summed E-state index contributed by atoms with van der Waals surface area (Å²) in [6.45, 7) is 3.57. The summed E-state index contributed by atoms with van der Waals surface area (Å²) >= 11 is 0. The average molecular weight is 318 g/mol. The maximum atomic E-state index is 14.3. The molecule has 0 spiro atoms. The molecule has 0 saturated carbocycles. The van der Waals surface area contributed by atoms with Gasteiger partial charge in [0.15, 0.2) is 5.82 Å². The van der Waals surface area contributed by atoms with Crippen LogP contribution in [0.3, 0.4) is 0 Å². The topological polar surface area (TPSA) is 54.8 Å². The quantitative estimate of drug-likeness (QED) is 0.655. The molecular formula is C17H19FN2O3. The van der Waals surface area contributed by atoms with E-state index in [0.717, 1.165) is 11.3 Å². The SMILES string of the molecule is Cc1ccc(COC2CN(c3cccc(COO)c3F)C2)cn1. The highest BCUT2D eigenvalue weighted by Gasteiger charge is 2.29. The van der Waals surface area contributed by atoms with Crippen molar-refractivity contribution in [1.82, 2.24) is 4.98 Å². The maximum absolute atomic E-state index is 14.3. The van der Waals surface area contributed by atoms with Crippen molar-refractivity contribution in [3.63, 3.8) is 0 Å². The lowest BCUT2D eigenvalue weighted by Crippen LogP contribution is -2.52. The number of hydrogen-bond acceptors (Lipinski definition) is 5. The first-order chi connectivity index (χ1) is 11.2. The zero-order valence-electron chi connectivity index (χ0n) is 12.9. The van der Waals surface area contributed by atoms with Crippen LogP contribution in [0.2, 0.25) is 0 Å². The molecule has 0 aliphatic carbocycles. The minimum absolute atomic E-state index is 0.0773. The van der Waals surface area contributed by atoms with Crippen molar-refractivity contribution in [2.24, 2.45) is 0 Å². The van der Waals surface area contributed by atoms with Crippen LogP contribution < -0.4 is 4.90 Å². The van der Waals surface area contributed by atoms with Gasteiger partial charge in [0.2, 0.25) is 0 Å². The molecular weight excluding hydrogens is 299 g/mol. The van der Waals surface area contributed by atoms with Crippen LogP contribution in [0.5, 0.6) is 0 Å². The minimum Gasteiger partial charge on any atom is -0.370 e. The van der Waals surface area contributed by atoms with E-state index in [1.165, 1.54) is 0 Å². The van der Waals surface area contributed by atoms with Crippen molar-refractivity contribution in [3.8, 4) is 0 Å². The third-order valence-corrected chi connectivity index (χ3v) is 3.93. The Morgan fingerprint density at radius 1 is 1.26 bits per heavy atom. The lowest BCUT2D eigenvalue weighted by atomic mass is 10.1. The molecule has 1 fully saturated rings. The molecule has 1 aliphatic heterocycles. The van der Waals surface area contributed by atoms with E-state index < -0.39 is 0 Å². The van der Waals surface area contributed by atoms with Gasteiger partial charge in [0.25, 0.3) is 0 Å². The third kappa shape index (κ3) is 3.67. The predicted octanol–water partition coefficient (Wildman–Crippen LogP) is 2.92. The van der Waals surface area contributed by atoms with Crippen LogP contribution in [0, 0.1) is 12.7 Å². The molecule has 2 heterocycles. The van der Waals surface area contributed by atoms with E-state index in [9.17, 15) is 4.39 Å². The van der Waals surface area contributed by atoms with Gasteiger partial charge in [0.1, 0.15) is 6.61 Å². The van der Waals surface area contributed by atoms with Crippen LogP contribution in [0.4, 0.5) is 10.1 Å². The Morgan fingerprint density at radius 2 is 2.09 bits per heavy atom. The maximum Gasteiger partial charge on any atom is 0.152 e. The lowest BCUT2D eigenvalue weighted by Gasteiger charge is -2.41. The van der Waals surface area contributed by atoms with E-state index >= 15 is 0 Å². The molecule has 3 rings (SSSR count). The van der Waals surface area contributed by atoms with Crippen molar-refractivity contribution in [2.45, 2.75) is 26.2 Å². The van der Waals surface area contributed by atoms with E-state index in [1.54, 1.807) is 18.2 Å². The van der Waals surface area contributed by atoms with E-state index in [1.807, 2.05) is 30.2 Å². The molecule has 5 nitrogen and oxygen atoms in total. The summed E-state index contributed by atoms with van der Waals surface area (Å²) in [7, 11) is 0. The Hall–Kier alpha value is -2.02. The van der Waals surface area contributed by atoms with Crippen molar-refractivity contribution in [1.29, 1.82) is 0 Å². The molecule has 23 heavy (non-hydrogen) atoms. The van der Waals surface area contributed by atoms with E-state index in [4.69, 9.17) is 9.99 Å². The van der Waals surface area contributed by atoms with Crippen LogP contribution in [0.1, 0.15) is 16.8 Å². The molecule has 1 saturated heterocycles. The minimum atomic E-state index is -0.359. The van der Waals surface area contributed by atoms with Crippen LogP contribution in [0.15, 0.2) is 36.5 Å². The highest BCUT2D eigenvalue weighted by Crippen LogP contribution is 2.28. The van der Waals surface area contributed by atoms with Gasteiger partial charge in [-0.15, -0.1) is 0 Å². The van der Waals surface area contributed by atoms with Gasteiger partial charge in [-0.05, 0) is 24.6 Å². The van der Waals surface area contributed by atoms with Gasteiger partial charge < -0.3 is 9.64 Å². The van der Waals surface area contributed by atoms with Crippen LogP contribution in [-0.2, 0) is 22.8 Å². The lowest BCUT2D eigenvalue weighted by molar-refractivity contribution is -0.253. The van der Waals surface area contributed by atoms with Gasteiger partial charge in [-0.3, -0.25) is 10.2 Å². The number of ether oxygens (including phenoxy) is 1. The van der Waals surface area contributed by atoms with Gasteiger partial charge in [-0.2, -0.15) is 0 Å². The number of nitrogens with zero attached hydrogens (tertiary/aromatic N) is 2. The van der Waals surface area contributed by atoms with Gasteiger partial charge >= 0.3 is 0 Å². The second kappa shape index (κ2) is 7.04. The van der Waals surface area contributed by atoms with Gasteiger partial charge in [0, 0.05) is 30.5 Å². The van der Waals surface area contributed by atoms with E-state index in [2.05, 4.69) is 9.87 Å². The highest BCUT2D eigenvalue weighted by molar-refractivity contribution is 5.52. The smallest absolute Gasteiger partial charge is 0.152 e. The van der Waals surface area contributed by atoms with Crippen LogP contribution in [0.25, 0.3) is 0 Å². The number of benzene rings is 1. The normalized spacial score (nSPS) is 14.8. The zero-order chi connectivity index (χ0) is 16.2. The highest BCUT2D eigenvalue weighted by atomic mass is 19.1. The molecule has 0 bridgehead atoms. The second-order valence-corrected chi connectivity index (χ2v) is 5.67. The molecule has 1 aromatic heterocycles. The molecule has 0 unspecified atom stereocenters. The standard InChI is InChI=1S/C17H19FN2O3/c1-12-5-6-13(7-19-12)10-22-15-8-20(9-15)16-4-2-3-14(11-23-21)17(16)18/h2-7,15,21H,8-11H2,1H3. The third-order valence-electron chi connectivity index (χ3n) is 3.93. The van der Waals surface area contributed by atoms with Crippen molar-refractivity contribution in [3.05, 3.63) is 59.2 Å². The molecule has 6 heteroatoms. The van der Waals surface area contributed by atoms with Crippen LogP contribution in [-0.4, -0.2) is 29.4 Å². The monoisotopic (exact) mass is 318 g/mol. The summed E-state index contributed by atoms with van der Waals surface area (Å²) in [4.78, 5) is 10.2. The fourth-order valence-electron chi connectivity index (χ4n) is 2.53. The molecule has 1 aromatic carbocycles. The predicted molar refractivity (Wildman–Crippen MR) is 83.6 cm³/mol. The second-order valence-electron chi connectivity index (χ2n) is 5.67. The molecule has 0 amide bonds. The fraction of sp³-hybridized carbons (Fsp3) is 0.353. The number of halogens is 1. The van der Waals surface area contributed by atoms with Crippen molar-refractivity contribution < 1.29 is 19.3 Å². The summed E-state index contributed by atoms with van der Waals surface area (Å²) in [5.41, 5.74) is 2.85. The first kappa shape index (κ1) is 15.9. The number of rotatable bonds is 6. The molecule has 0 radical (unpaired) electrons. The van der Waals surface area contributed by atoms with Gasteiger partial charge in [0.05, 0.1) is 18.4 Å². The summed E-state index contributed by atoms with van der Waals surface area (Å²) < 4.78 is 20.1. The molecule has 0 atom stereocenters. The van der Waals surface area contributed by atoms with Crippen LogP contribution >= 0.6 is 0 Å². The molecule has 122 valence electrons. The zero-order valence-corrected chi connectivity index (χ0v) is 12.9. The number of aryl methyl sites for hydroxylation is 1. The summed E-state index contributed by atoms with van der Waals surface area (Å²) in [6, 6.07) is 9.01. The Labute approximate surface area is 134 Å². The Balaban J connectivity index is 1.53. The average Bonchev–Trinajstić information content (AvgIpc) is 2.51. The molecule has 1 N–H and O–H groups in total. The Bertz CT molecular complexity index is 657. The first-order valence-corrected chi connectivity index (χ1v) is 7.49. The van der Waals surface area contributed by atoms with E-state index in [0.29, 0.717) is 30.9 Å². The Morgan fingerprint density at radius 3 is 2.78 bits per heavy atom.